The van der Waals surface area contributed by atoms with Gasteiger partial charge in [-0.3, -0.25) is 0 Å². The molecule has 0 fully saturated rings. The van der Waals surface area contributed by atoms with Gasteiger partial charge < -0.3 is 17.4 Å². The van der Waals surface area contributed by atoms with E-state index in [-0.39, 0.29) is 5.54 Å². The van der Waals surface area contributed by atoms with Crippen molar-refractivity contribution in [3.05, 3.63) is 12.7 Å². The fourth-order valence-corrected chi connectivity index (χ4v) is 6.29. The average Bonchev–Trinajstić information content (AvgIpc) is 2.25. The highest BCUT2D eigenvalue weighted by molar-refractivity contribution is 6.64. The molecule has 7 heteroatoms. The van der Waals surface area contributed by atoms with Gasteiger partial charge in [0.15, 0.2) is 0 Å². The SMILES string of the molecule is C=CC(C[SiH2]O[SiH3])[Si](OC)(OC)OC. The molecule has 0 amide bonds. The molecule has 0 aromatic carbocycles. The lowest BCUT2D eigenvalue weighted by molar-refractivity contribution is 0.118. The molecule has 0 bridgehead atoms. The first-order valence-corrected chi connectivity index (χ1v) is 8.67. The zero-order chi connectivity index (χ0) is 11.0. The van der Waals surface area contributed by atoms with Gasteiger partial charge >= 0.3 is 8.80 Å². The second-order valence-electron chi connectivity index (χ2n) is 2.84. The quantitative estimate of drug-likeness (QED) is 0.419. The summed E-state index contributed by atoms with van der Waals surface area (Å²) in [6, 6.07) is 0.967. The van der Waals surface area contributed by atoms with Crippen molar-refractivity contribution in [3.8, 4) is 0 Å². The normalized spacial score (nSPS) is 15.1. The van der Waals surface area contributed by atoms with Crippen molar-refractivity contribution in [2.75, 3.05) is 21.3 Å². The Morgan fingerprint density at radius 1 is 1.36 bits per heavy atom. The van der Waals surface area contributed by atoms with Crippen LogP contribution in [0.2, 0.25) is 11.6 Å². The van der Waals surface area contributed by atoms with Gasteiger partial charge in [-0.2, -0.15) is 0 Å². The first kappa shape index (κ1) is 14.2. The van der Waals surface area contributed by atoms with E-state index in [0.29, 0.717) is 0 Å². The fraction of sp³-hybridized carbons (Fsp3) is 0.714. The van der Waals surface area contributed by atoms with E-state index in [2.05, 4.69) is 6.58 Å². The molecule has 84 valence electrons. The van der Waals surface area contributed by atoms with Crippen LogP contribution in [-0.4, -0.2) is 50.4 Å². The maximum atomic E-state index is 5.39. The topological polar surface area (TPSA) is 36.9 Å². The molecule has 0 aliphatic rings. The van der Waals surface area contributed by atoms with Crippen LogP contribution in [0.5, 0.6) is 0 Å². The van der Waals surface area contributed by atoms with Gasteiger partial charge in [0.1, 0.15) is 20.2 Å². The Morgan fingerprint density at radius 3 is 2.14 bits per heavy atom. The molecule has 0 spiro atoms. The lowest BCUT2D eigenvalue weighted by Gasteiger charge is -2.30. The molecule has 1 unspecified atom stereocenters. The standard InChI is InChI=1S/C7H20O4Si3/c1-5-7(6-13-11-12)14(8-2,9-3)10-4/h5,7H,1,6,13H2,2-4,12H3. The Kier molecular flexibility index (Phi) is 7.64. The highest BCUT2D eigenvalue weighted by Gasteiger charge is 2.45. The van der Waals surface area contributed by atoms with Gasteiger partial charge in [0, 0.05) is 26.9 Å². The summed E-state index contributed by atoms with van der Waals surface area (Å²) in [6.07, 6.45) is 1.86. The summed E-state index contributed by atoms with van der Waals surface area (Å²) in [6.45, 7) is 3.80. The molecule has 0 aromatic rings. The van der Waals surface area contributed by atoms with Crippen LogP contribution in [0.1, 0.15) is 0 Å². The molecular formula is C7H20O4Si3. The Labute approximate surface area is 92.4 Å². The van der Waals surface area contributed by atoms with Gasteiger partial charge in [0.2, 0.25) is 0 Å². The average molecular weight is 252 g/mol. The molecule has 0 aromatic heterocycles. The summed E-state index contributed by atoms with van der Waals surface area (Å²) in [7, 11) is 2.69. The van der Waals surface area contributed by atoms with Crippen molar-refractivity contribution in [3.63, 3.8) is 0 Å². The van der Waals surface area contributed by atoms with Crippen LogP contribution in [0.25, 0.3) is 0 Å². The predicted molar refractivity (Wildman–Crippen MR) is 65.1 cm³/mol. The summed E-state index contributed by atoms with van der Waals surface area (Å²) in [5.41, 5.74) is 0.156. The summed E-state index contributed by atoms with van der Waals surface area (Å²) >= 11 is 0. The van der Waals surface area contributed by atoms with Crippen molar-refractivity contribution in [1.82, 2.24) is 0 Å². The molecule has 4 nitrogen and oxygen atoms in total. The minimum absolute atomic E-state index is 0.156. The van der Waals surface area contributed by atoms with E-state index in [4.69, 9.17) is 17.4 Å². The molecule has 1 atom stereocenters. The van der Waals surface area contributed by atoms with Crippen molar-refractivity contribution in [1.29, 1.82) is 0 Å². The van der Waals surface area contributed by atoms with Gasteiger partial charge in [-0.05, 0) is 6.04 Å². The molecular weight excluding hydrogens is 232 g/mol. The zero-order valence-electron chi connectivity index (χ0n) is 9.41. The third kappa shape index (κ3) is 3.42. The molecule has 0 N–H and O–H groups in total. The van der Waals surface area contributed by atoms with E-state index in [0.717, 1.165) is 16.5 Å². The fourth-order valence-electron chi connectivity index (χ4n) is 1.39. The first-order chi connectivity index (χ1) is 6.70. The van der Waals surface area contributed by atoms with Gasteiger partial charge in [-0.15, -0.1) is 6.58 Å². The summed E-state index contributed by atoms with van der Waals surface area (Å²) < 4.78 is 21.5. The number of allylic oxidation sites excluding steroid dienone is 1. The largest absolute Gasteiger partial charge is 0.507 e. The summed E-state index contributed by atoms with van der Waals surface area (Å²) in [4.78, 5) is 0. The van der Waals surface area contributed by atoms with E-state index in [1.54, 1.807) is 21.3 Å². The molecule has 0 aliphatic heterocycles. The van der Waals surface area contributed by atoms with Crippen molar-refractivity contribution >= 4 is 29.1 Å². The Balaban J connectivity index is 4.48. The molecule has 0 radical (unpaired) electrons. The van der Waals surface area contributed by atoms with Crippen LogP contribution < -0.4 is 0 Å². The molecule has 0 heterocycles. The third-order valence-electron chi connectivity index (χ3n) is 2.23. The van der Waals surface area contributed by atoms with Crippen LogP contribution in [0.3, 0.4) is 0 Å². The van der Waals surface area contributed by atoms with Gasteiger partial charge in [-0.25, -0.2) is 0 Å². The molecule has 0 saturated carbocycles. The predicted octanol–water partition coefficient (Wildman–Crippen LogP) is -0.780. The third-order valence-corrected chi connectivity index (χ3v) is 8.43. The molecule has 0 saturated heterocycles. The molecule has 0 rings (SSSR count). The van der Waals surface area contributed by atoms with E-state index in [9.17, 15) is 0 Å². The number of hydrogen-bond donors (Lipinski definition) is 0. The highest BCUT2D eigenvalue weighted by Crippen LogP contribution is 2.28. The Morgan fingerprint density at radius 2 is 1.86 bits per heavy atom. The van der Waals surface area contributed by atoms with Gasteiger partial charge in [-0.1, -0.05) is 6.08 Å². The van der Waals surface area contributed by atoms with Crippen molar-refractivity contribution in [2.24, 2.45) is 0 Å². The monoisotopic (exact) mass is 252 g/mol. The van der Waals surface area contributed by atoms with E-state index in [1.807, 2.05) is 6.08 Å². The van der Waals surface area contributed by atoms with E-state index < -0.39 is 18.6 Å². The van der Waals surface area contributed by atoms with Crippen LogP contribution in [0.15, 0.2) is 12.7 Å². The maximum absolute atomic E-state index is 5.39. The second kappa shape index (κ2) is 7.51. The second-order valence-corrected chi connectivity index (χ2v) is 9.31. The summed E-state index contributed by atoms with van der Waals surface area (Å²) in [5.74, 6) is 0. The zero-order valence-corrected chi connectivity index (χ0v) is 13.8. The van der Waals surface area contributed by atoms with Crippen LogP contribution in [0, 0.1) is 0 Å². The maximum Gasteiger partial charge on any atom is 0.507 e. The van der Waals surface area contributed by atoms with Crippen molar-refractivity contribution < 1.29 is 17.4 Å². The first-order valence-electron chi connectivity index (χ1n) is 4.47. The Bertz CT molecular complexity index is 155. The van der Waals surface area contributed by atoms with E-state index >= 15 is 0 Å². The smallest absolute Gasteiger partial charge is 0.468 e. The highest BCUT2D eigenvalue weighted by atomic mass is 28.4. The minimum Gasteiger partial charge on any atom is -0.468 e. The summed E-state index contributed by atoms with van der Waals surface area (Å²) in [5, 5.41) is 0. The Hall–Kier alpha value is 0.231. The molecule has 0 aliphatic carbocycles. The van der Waals surface area contributed by atoms with Gasteiger partial charge in [0.25, 0.3) is 0 Å². The number of hydrogen-bond acceptors (Lipinski definition) is 4. The van der Waals surface area contributed by atoms with Crippen LogP contribution in [-0.2, 0) is 17.4 Å². The lowest BCUT2D eigenvalue weighted by atomic mass is 10.5. The van der Waals surface area contributed by atoms with Crippen molar-refractivity contribution in [2.45, 2.75) is 11.6 Å². The lowest BCUT2D eigenvalue weighted by Crippen LogP contribution is -2.47. The number of rotatable bonds is 8. The molecule has 14 heavy (non-hydrogen) atoms. The van der Waals surface area contributed by atoms with Crippen LogP contribution in [0.4, 0.5) is 0 Å². The minimum atomic E-state index is -2.53. The van der Waals surface area contributed by atoms with Gasteiger partial charge in [0.05, 0.1) is 0 Å². The van der Waals surface area contributed by atoms with Crippen LogP contribution >= 0.6 is 0 Å². The van der Waals surface area contributed by atoms with E-state index in [1.165, 1.54) is 0 Å².